The van der Waals surface area contributed by atoms with Gasteiger partial charge in [0.15, 0.2) is 6.10 Å². The molecule has 0 bridgehead atoms. The van der Waals surface area contributed by atoms with Crippen molar-refractivity contribution in [3.63, 3.8) is 0 Å². The van der Waals surface area contributed by atoms with Gasteiger partial charge in [0.05, 0.1) is 19.3 Å². The lowest BCUT2D eigenvalue weighted by atomic mass is 10.0. The van der Waals surface area contributed by atoms with Gasteiger partial charge in [0.1, 0.15) is 12.4 Å². The summed E-state index contributed by atoms with van der Waals surface area (Å²) in [6.07, 6.45) is 50.3. The van der Waals surface area contributed by atoms with Gasteiger partial charge in [0.2, 0.25) is 0 Å². The highest BCUT2D eigenvalue weighted by molar-refractivity contribution is 7.47. The van der Waals surface area contributed by atoms with E-state index in [0.29, 0.717) is 12.8 Å². The zero-order chi connectivity index (χ0) is 43.5. The summed E-state index contributed by atoms with van der Waals surface area (Å²) in [7, 11) is -4.63. The van der Waals surface area contributed by atoms with E-state index in [1.165, 1.54) is 84.0 Å². The van der Waals surface area contributed by atoms with Crippen molar-refractivity contribution in [1.82, 2.24) is 0 Å². The predicted molar refractivity (Wildman–Crippen MR) is 243 cm³/mol. The van der Waals surface area contributed by atoms with Crippen molar-refractivity contribution in [3.8, 4) is 0 Å². The van der Waals surface area contributed by atoms with Crippen LogP contribution in [0.2, 0.25) is 0 Å². The number of phosphoric acid groups is 1. The summed E-state index contributed by atoms with van der Waals surface area (Å²) in [5.74, 6) is -1.43. The van der Waals surface area contributed by atoms with Gasteiger partial charge in [-0.25, -0.2) is 4.57 Å². The maximum absolute atomic E-state index is 12.6. The number of Topliss-reactive ketones (excluding diaryl/α,β-unsaturated/α-hetero) is 1. The summed E-state index contributed by atoms with van der Waals surface area (Å²) in [6.45, 7) is 4.22. The van der Waals surface area contributed by atoms with E-state index in [4.69, 9.17) is 24.3 Å². The summed E-state index contributed by atoms with van der Waals surface area (Å²) in [5.41, 5.74) is 5.58. The molecule has 0 aliphatic heterocycles. The van der Waals surface area contributed by atoms with Crippen LogP contribution in [0.1, 0.15) is 181 Å². The van der Waals surface area contributed by atoms with Gasteiger partial charge in [-0.2, -0.15) is 0 Å². The average molecular weight is 848 g/mol. The number of ether oxygens (including phenoxy) is 2. The van der Waals surface area contributed by atoms with E-state index < -0.39 is 50.9 Å². The molecule has 0 heterocycles. The Morgan fingerprint density at radius 2 is 0.949 bits per heavy atom. The molecule has 0 saturated heterocycles. The van der Waals surface area contributed by atoms with Crippen molar-refractivity contribution in [2.45, 2.75) is 193 Å². The lowest BCUT2D eigenvalue weighted by Crippen LogP contribution is -2.33. The second-order valence-electron chi connectivity index (χ2n) is 15.1. The normalized spacial score (nSPS) is 14.4. The van der Waals surface area contributed by atoms with E-state index in [2.05, 4.69) is 74.6 Å². The van der Waals surface area contributed by atoms with Gasteiger partial charge in [0, 0.05) is 12.8 Å². The number of hydrogen-bond donors (Lipinski definition) is 2. The van der Waals surface area contributed by atoms with E-state index >= 15 is 0 Å². The fourth-order valence-corrected chi connectivity index (χ4v) is 6.56. The monoisotopic (exact) mass is 848 g/mol. The van der Waals surface area contributed by atoms with E-state index in [1.54, 1.807) is 0 Å². The van der Waals surface area contributed by atoms with E-state index in [9.17, 15) is 23.8 Å². The van der Waals surface area contributed by atoms with Gasteiger partial charge in [-0.3, -0.25) is 23.4 Å². The number of carbonyl (C=O) groups is 3. The molecule has 11 heteroatoms. The minimum atomic E-state index is -4.63. The van der Waals surface area contributed by atoms with Crippen molar-refractivity contribution in [3.05, 3.63) is 72.9 Å². The molecule has 0 aliphatic rings. The molecule has 10 nitrogen and oxygen atoms in total. The molecule has 0 saturated carbocycles. The largest absolute Gasteiger partial charge is 0.472 e. The molecule has 0 fully saturated rings. The Bertz CT molecular complexity index is 1270. The summed E-state index contributed by atoms with van der Waals surface area (Å²) in [4.78, 5) is 46.5. The first kappa shape index (κ1) is 56.1. The van der Waals surface area contributed by atoms with Crippen molar-refractivity contribution >= 4 is 25.5 Å². The highest BCUT2D eigenvalue weighted by Crippen LogP contribution is 2.43. The number of allylic oxidation sites excluding steroid dienone is 12. The lowest BCUT2D eigenvalue weighted by Gasteiger charge is -2.20. The van der Waals surface area contributed by atoms with Gasteiger partial charge >= 0.3 is 19.8 Å². The van der Waals surface area contributed by atoms with Crippen LogP contribution in [0.5, 0.6) is 0 Å². The van der Waals surface area contributed by atoms with Crippen LogP contribution in [0.15, 0.2) is 72.9 Å². The van der Waals surface area contributed by atoms with Crippen molar-refractivity contribution in [2.75, 3.05) is 19.8 Å². The van der Waals surface area contributed by atoms with Crippen LogP contribution in [-0.4, -0.2) is 54.6 Å². The highest BCUT2D eigenvalue weighted by Gasteiger charge is 2.27. The first-order valence-electron chi connectivity index (χ1n) is 22.7. The Balaban J connectivity index is 4.47. The molecule has 59 heavy (non-hydrogen) atoms. The third-order valence-corrected chi connectivity index (χ3v) is 10.4. The summed E-state index contributed by atoms with van der Waals surface area (Å²) >= 11 is 0. The molecular weight excluding hydrogens is 766 g/mol. The number of phosphoric ester groups is 1. The zero-order valence-electron chi connectivity index (χ0n) is 37.1. The number of rotatable bonds is 41. The molecule has 338 valence electrons. The molecule has 0 aromatic carbocycles. The lowest BCUT2D eigenvalue weighted by molar-refractivity contribution is -0.161. The minimum Gasteiger partial charge on any atom is -0.462 e. The molecule has 0 amide bonds. The Hall–Kier alpha value is -2.88. The number of ketones is 1. The molecule has 0 aromatic rings. The highest BCUT2D eigenvalue weighted by atomic mass is 31.2. The SMILES string of the molecule is CCC=CCC=CCC=CCC=CCC=CCC=CCCC(=O)OC(COC(=O)CCCCCCCCCCCCCCCCCC)COP(=O)(O)OCC(N)C(C)=O. The van der Waals surface area contributed by atoms with Crippen LogP contribution < -0.4 is 5.73 Å². The van der Waals surface area contributed by atoms with Crippen molar-refractivity contribution in [2.24, 2.45) is 5.73 Å². The van der Waals surface area contributed by atoms with Crippen LogP contribution in [0.25, 0.3) is 0 Å². The standard InChI is InChI=1S/C48H82NO9P/c1-4-6-8-10-12-14-16-18-20-22-23-24-26-28-30-32-34-36-38-40-48(52)58-45(42-56-59(53,54)57-43-46(49)44(3)50)41-55-47(51)39-37-35-33-31-29-27-25-21-19-17-15-13-11-9-7-5-2/h6,8,12,14,18,20,23-24,28,30,34,36,45-46H,4-5,7,9-11,13,15-17,19,21-22,25-27,29,31-33,35,37-43,49H2,1-3H3,(H,53,54). The molecule has 0 rings (SSSR count). The summed E-state index contributed by atoms with van der Waals surface area (Å²) in [5, 5.41) is 0. The molecule has 0 radical (unpaired) electrons. The molecule has 0 aliphatic carbocycles. The molecule has 0 aromatic heterocycles. The smallest absolute Gasteiger partial charge is 0.462 e. The fraction of sp³-hybridized carbons (Fsp3) is 0.688. The second kappa shape index (κ2) is 41.8. The van der Waals surface area contributed by atoms with E-state index in [-0.39, 0.29) is 19.4 Å². The topological polar surface area (TPSA) is 151 Å². The maximum Gasteiger partial charge on any atom is 0.472 e. The maximum atomic E-state index is 12.6. The minimum absolute atomic E-state index is 0.0621. The fourth-order valence-electron chi connectivity index (χ4n) is 5.78. The molecular formula is C48H82NO9P. The zero-order valence-corrected chi connectivity index (χ0v) is 38.0. The van der Waals surface area contributed by atoms with Crippen LogP contribution in [0.4, 0.5) is 0 Å². The number of nitrogens with two attached hydrogens (primary N) is 1. The molecule has 3 atom stereocenters. The van der Waals surface area contributed by atoms with Gasteiger partial charge in [-0.1, -0.05) is 183 Å². The number of esters is 2. The van der Waals surface area contributed by atoms with Crippen LogP contribution >= 0.6 is 7.82 Å². The van der Waals surface area contributed by atoms with Crippen LogP contribution in [0, 0.1) is 0 Å². The van der Waals surface area contributed by atoms with Crippen LogP contribution in [-0.2, 0) is 37.5 Å². The van der Waals surface area contributed by atoms with Gasteiger partial charge in [0.25, 0.3) is 0 Å². The summed E-state index contributed by atoms with van der Waals surface area (Å²) < 4.78 is 33.0. The van der Waals surface area contributed by atoms with Gasteiger partial charge in [-0.15, -0.1) is 0 Å². The van der Waals surface area contributed by atoms with Crippen molar-refractivity contribution in [1.29, 1.82) is 0 Å². The Morgan fingerprint density at radius 3 is 1.39 bits per heavy atom. The first-order chi connectivity index (χ1) is 28.6. The van der Waals surface area contributed by atoms with E-state index in [1.807, 2.05) is 12.2 Å². The van der Waals surface area contributed by atoms with Crippen molar-refractivity contribution < 1.29 is 42.4 Å². The van der Waals surface area contributed by atoms with Gasteiger partial charge in [-0.05, 0) is 58.3 Å². The first-order valence-corrected chi connectivity index (χ1v) is 24.2. The van der Waals surface area contributed by atoms with E-state index in [0.717, 1.165) is 57.8 Å². The third-order valence-electron chi connectivity index (χ3n) is 9.44. The molecule has 3 unspecified atom stereocenters. The molecule has 3 N–H and O–H groups in total. The Labute approximate surface area is 358 Å². The Kier molecular flexibility index (Phi) is 39.8. The predicted octanol–water partition coefficient (Wildman–Crippen LogP) is 12.6. The second-order valence-corrected chi connectivity index (χ2v) is 16.5. The number of carbonyl (C=O) groups excluding carboxylic acids is 3. The summed E-state index contributed by atoms with van der Waals surface area (Å²) in [6, 6.07) is -1.09. The van der Waals surface area contributed by atoms with Crippen LogP contribution in [0.3, 0.4) is 0 Å². The Morgan fingerprint density at radius 1 is 0.542 bits per heavy atom. The van der Waals surface area contributed by atoms with Gasteiger partial charge < -0.3 is 20.1 Å². The average Bonchev–Trinajstić information content (AvgIpc) is 3.21. The third kappa shape index (κ3) is 41.6. The number of hydrogen-bond acceptors (Lipinski definition) is 9. The quantitative estimate of drug-likeness (QED) is 0.0263. The molecule has 0 spiro atoms. The number of unbranched alkanes of at least 4 members (excludes halogenated alkanes) is 15.